The number of aryl methyl sites for hydroxylation is 2. The van der Waals surface area contributed by atoms with E-state index in [4.69, 9.17) is 9.47 Å². The van der Waals surface area contributed by atoms with Gasteiger partial charge >= 0.3 is 0 Å². The number of anilines is 1. The second-order valence-electron chi connectivity index (χ2n) is 8.83. The van der Waals surface area contributed by atoms with E-state index >= 15 is 0 Å². The lowest BCUT2D eigenvalue weighted by Gasteiger charge is -2.31. The standard InChI is InChI=1S/C24H30N6O3/c1-16-13-21(28-29(16)2)24(31)27-17-3-5-19(6-4-17)33-22-15-18(30-9-11-32-12-10-30)14-20-23(22)26-8-7-25-20/h7-8,13-15,17,19H,3-6,9-12H2,1-2H3,(H,27,31). The van der Waals surface area contributed by atoms with Gasteiger partial charge in [0, 0.05) is 56.0 Å². The van der Waals surface area contributed by atoms with Crippen LogP contribution in [-0.4, -0.2) is 64.1 Å². The molecular formula is C24H30N6O3. The average Bonchev–Trinajstić information content (AvgIpc) is 3.19. The SMILES string of the molecule is Cc1cc(C(=O)NC2CCC(Oc3cc(N4CCOCC4)cc4nccnc34)CC2)nn1C. The van der Waals surface area contributed by atoms with Gasteiger partial charge in [-0.3, -0.25) is 14.5 Å². The molecule has 1 amide bonds. The number of ether oxygens (including phenoxy) is 2. The summed E-state index contributed by atoms with van der Waals surface area (Å²) >= 11 is 0. The fourth-order valence-electron chi connectivity index (χ4n) is 4.56. The summed E-state index contributed by atoms with van der Waals surface area (Å²) in [6.07, 6.45) is 6.98. The van der Waals surface area contributed by atoms with Crippen LogP contribution in [0.4, 0.5) is 5.69 Å². The van der Waals surface area contributed by atoms with E-state index < -0.39 is 0 Å². The molecule has 3 aromatic rings. The molecule has 1 saturated carbocycles. The van der Waals surface area contributed by atoms with E-state index in [0.717, 1.165) is 80.2 Å². The van der Waals surface area contributed by atoms with Crippen LogP contribution in [0.5, 0.6) is 5.75 Å². The normalized spacial score (nSPS) is 21.2. The highest BCUT2D eigenvalue weighted by Crippen LogP contribution is 2.33. The maximum absolute atomic E-state index is 12.5. The molecule has 9 nitrogen and oxygen atoms in total. The van der Waals surface area contributed by atoms with Gasteiger partial charge in [-0.1, -0.05) is 0 Å². The first-order valence-corrected chi connectivity index (χ1v) is 11.6. The number of hydrogen-bond donors (Lipinski definition) is 1. The minimum absolute atomic E-state index is 0.0837. The van der Waals surface area contributed by atoms with Crippen molar-refractivity contribution in [2.75, 3.05) is 31.2 Å². The third-order valence-electron chi connectivity index (χ3n) is 6.55. The van der Waals surface area contributed by atoms with Crippen molar-refractivity contribution in [1.82, 2.24) is 25.1 Å². The molecule has 0 bridgehead atoms. The molecule has 1 N–H and O–H groups in total. The van der Waals surface area contributed by atoms with Gasteiger partial charge < -0.3 is 19.7 Å². The van der Waals surface area contributed by atoms with E-state index in [0.29, 0.717) is 5.69 Å². The number of nitrogens with one attached hydrogen (secondary N) is 1. The molecule has 0 unspecified atom stereocenters. The van der Waals surface area contributed by atoms with Crippen LogP contribution in [0.3, 0.4) is 0 Å². The number of nitrogens with zero attached hydrogens (tertiary/aromatic N) is 5. The van der Waals surface area contributed by atoms with Crippen LogP contribution in [0.25, 0.3) is 11.0 Å². The molecule has 2 aliphatic rings. The topological polar surface area (TPSA) is 94.4 Å². The second-order valence-corrected chi connectivity index (χ2v) is 8.83. The van der Waals surface area contributed by atoms with E-state index in [1.54, 1.807) is 17.1 Å². The zero-order chi connectivity index (χ0) is 22.8. The third kappa shape index (κ3) is 4.78. The smallest absolute Gasteiger partial charge is 0.272 e. The number of carbonyl (C=O) groups is 1. The maximum Gasteiger partial charge on any atom is 0.272 e. The Morgan fingerprint density at radius 3 is 2.58 bits per heavy atom. The molecule has 3 heterocycles. The monoisotopic (exact) mass is 450 g/mol. The predicted octanol–water partition coefficient (Wildman–Crippen LogP) is 2.63. The van der Waals surface area contributed by atoms with Crippen LogP contribution in [0, 0.1) is 6.92 Å². The zero-order valence-corrected chi connectivity index (χ0v) is 19.2. The predicted molar refractivity (Wildman–Crippen MR) is 125 cm³/mol. The van der Waals surface area contributed by atoms with Gasteiger partial charge in [0.05, 0.1) is 24.8 Å². The molecule has 2 aromatic heterocycles. The number of morpholine rings is 1. The summed E-state index contributed by atoms with van der Waals surface area (Å²) in [5, 5.41) is 7.41. The highest BCUT2D eigenvalue weighted by atomic mass is 16.5. The number of hydrogen-bond acceptors (Lipinski definition) is 7. The summed E-state index contributed by atoms with van der Waals surface area (Å²) in [6, 6.07) is 6.11. The molecule has 0 spiro atoms. The Hall–Kier alpha value is -3.20. The molecule has 9 heteroatoms. The van der Waals surface area contributed by atoms with E-state index in [1.165, 1.54) is 0 Å². The molecule has 174 valence electrons. The Morgan fingerprint density at radius 1 is 1.09 bits per heavy atom. The van der Waals surface area contributed by atoms with Crippen molar-refractivity contribution in [3.05, 3.63) is 42.0 Å². The van der Waals surface area contributed by atoms with Crippen LogP contribution >= 0.6 is 0 Å². The fourth-order valence-corrected chi connectivity index (χ4v) is 4.56. The fraction of sp³-hybridized carbons (Fsp3) is 0.500. The molecule has 1 aromatic carbocycles. The van der Waals surface area contributed by atoms with Crippen molar-refractivity contribution in [2.45, 2.75) is 44.8 Å². The summed E-state index contributed by atoms with van der Waals surface area (Å²) in [7, 11) is 1.84. The van der Waals surface area contributed by atoms with Crippen LogP contribution in [0.1, 0.15) is 41.9 Å². The van der Waals surface area contributed by atoms with Crippen molar-refractivity contribution in [2.24, 2.45) is 7.05 Å². The Labute approximate surface area is 193 Å². The lowest BCUT2D eigenvalue weighted by Crippen LogP contribution is -2.40. The molecule has 5 rings (SSSR count). The highest BCUT2D eigenvalue weighted by Gasteiger charge is 2.26. The molecule has 33 heavy (non-hydrogen) atoms. The summed E-state index contributed by atoms with van der Waals surface area (Å²) < 4.78 is 13.7. The molecule has 0 atom stereocenters. The van der Waals surface area contributed by atoms with Gasteiger partial charge in [-0.15, -0.1) is 0 Å². The molecular weight excluding hydrogens is 420 g/mol. The van der Waals surface area contributed by atoms with Gasteiger partial charge in [0.15, 0.2) is 0 Å². The van der Waals surface area contributed by atoms with Crippen LogP contribution in [0.15, 0.2) is 30.6 Å². The number of carbonyl (C=O) groups excluding carboxylic acids is 1. The van der Waals surface area contributed by atoms with Crippen molar-refractivity contribution >= 4 is 22.6 Å². The number of rotatable bonds is 5. The van der Waals surface area contributed by atoms with Crippen LogP contribution in [-0.2, 0) is 11.8 Å². The molecule has 1 aliphatic carbocycles. The zero-order valence-electron chi connectivity index (χ0n) is 19.2. The lowest BCUT2D eigenvalue weighted by molar-refractivity contribution is 0.0889. The van der Waals surface area contributed by atoms with Crippen LogP contribution in [0.2, 0.25) is 0 Å². The number of fused-ring (bicyclic) bond motifs is 1. The summed E-state index contributed by atoms with van der Waals surface area (Å²) in [6.45, 7) is 5.09. The van der Waals surface area contributed by atoms with Crippen molar-refractivity contribution in [3.8, 4) is 5.75 Å². The first-order chi connectivity index (χ1) is 16.1. The Balaban J connectivity index is 1.24. The lowest BCUT2D eigenvalue weighted by atomic mass is 9.92. The Morgan fingerprint density at radius 2 is 1.85 bits per heavy atom. The van der Waals surface area contributed by atoms with Crippen LogP contribution < -0.4 is 15.0 Å². The molecule has 1 aliphatic heterocycles. The number of amides is 1. The minimum Gasteiger partial charge on any atom is -0.488 e. The van der Waals surface area contributed by atoms with Gasteiger partial charge in [0.25, 0.3) is 5.91 Å². The van der Waals surface area contributed by atoms with Gasteiger partial charge in [-0.2, -0.15) is 5.10 Å². The quantitative estimate of drug-likeness (QED) is 0.639. The Bertz CT molecular complexity index is 1110. The van der Waals surface area contributed by atoms with Gasteiger partial charge in [0.1, 0.15) is 17.0 Å². The molecule has 2 fully saturated rings. The second kappa shape index (κ2) is 9.35. The number of aromatic nitrogens is 4. The minimum atomic E-state index is -0.109. The van der Waals surface area contributed by atoms with E-state index in [-0.39, 0.29) is 18.1 Å². The maximum atomic E-state index is 12.5. The molecule has 0 radical (unpaired) electrons. The van der Waals surface area contributed by atoms with Gasteiger partial charge in [-0.05, 0) is 44.7 Å². The van der Waals surface area contributed by atoms with Crippen molar-refractivity contribution < 1.29 is 14.3 Å². The first kappa shape index (κ1) is 21.6. The summed E-state index contributed by atoms with van der Waals surface area (Å²) in [4.78, 5) is 23.9. The first-order valence-electron chi connectivity index (χ1n) is 11.6. The van der Waals surface area contributed by atoms with E-state index in [9.17, 15) is 4.79 Å². The summed E-state index contributed by atoms with van der Waals surface area (Å²) in [5.41, 5.74) is 4.15. The third-order valence-corrected chi connectivity index (χ3v) is 6.55. The van der Waals surface area contributed by atoms with E-state index in [1.807, 2.05) is 20.0 Å². The number of benzene rings is 1. The highest BCUT2D eigenvalue weighted by molar-refractivity contribution is 5.92. The Kier molecular flexibility index (Phi) is 6.13. The van der Waals surface area contributed by atoms with E-state index in [2.05, 4.69) is 37.4 Å². The average molecular weight is 451 g/mol. The van der Waals surface area contributed by atoms with Crippen molar-refractivity contribution in [3.63, 3.8) is 0 Å². The largest absolute Gasteiger partial charge is 0.488 e. The molecule has 1 saturated heterocycles. The van der Waals surface area contributed by atoms with Crippen molar-refractivity contribution in [1.29, 1.82) is 0 Å². The summed E-state index contributed by atoms with van der Waals surface area (Å²) in [5.74, 6) is 0.668. The van der Waals surface area contributed by atoms with Gasteiger partial charge in [-0.25, -0.2) is 4.98 Å². The van der Waals surface area contributed by atoms with Gasteiger partial charge in [0.2, 0.25) is 0 Å².